The number of amides is 3. The van der Waals surface area contributed by atoms with Crippen molar-refractivity contribution >= 4 is 34.1 Å². The van der Waals surface area contributed by atoms with Crippen LogP contribution in [0.2, 0.25) is 0 Å². The van der Waals surface area contributed by atoms with Crippen molar-refractivity contribution < 1.29 is 14.0 Å². The fourth-order valence-electron chi connectivity index (χ4n) is 4.07. The number of halogens is 1. The number of nitrogens with one attached hydrogen (secondary N) is 1. The molecule has 182 valence electrons. The molecule has 3 aromatic carbocycles. The van der Waals surface area contributed by atoms with Crippen molar-refractivity contribution in [1.29, 1.82) is 0 Å². The Morgan fingerprint density at radius 3 is 2.47 bits per heavy atom. The molecule has 1 fully saturated rings. The van der Waals surface area contributed by atoms with Gasteiger partial charge in [0.15, 0.2) is 5.13 Å². The number of rotatable bonds is 7. The number of hydrogen-bond donors (Lipinski definition) is 2. The molecule has 0 spiro atoms. The van der Waals surface area contributed by atoms with Gasteiger partial charge in [-0.15, -0.1) is 0 Å². The zero-order valence-electron chi connectivity index (χ0n) is 19.7. The minimum absolute atomic E-state index is 0.280. The van der Waals surface area contributed by atoms with Gasteiger partial charge in [-0.3, -0.25) is 4.79 Å². The topological polar surface area (TPSA) is 88.3 Å². The zero-order valence-corrected chi connectivity index (χ0v) is 20.5. The second-order valence-corrected chi connectivity index (χ2v) is 9.82. The molecule has 6 nitrogen and oxygen atoms in total. The number of anilines is 2. The first-order valence-electron chi connectivity index (χ1n) is 11.7. The van der Waals surface area contributed by atoms with E-state index in [1.165, 1.54) is 17.0 Å². The van der Waals surface area contributed by atoms with Crippen molar-refractivity contribution in [2.45, 2.75) is 32.2 Å². The fourth-order valence-corrected chi connectivity index (χ4v) is 5.10. The number of carbonyl (C=O) groups is 2. The molecule has 0 saturated heterocycles. The Hall–Kier alpha value is -4.04. The maximum absolute atomic E-state index is 13.6. The third kappa shape index (κ3) is 4.99. The summed E-state index contributed by atoms with van der Waals surface area (Å²) in [6, 6.07) is 20.6. The molecule has 0 unspecified atom stereocenters. The molecule has 3 N–H and O–H groups in total. The highest BCUT2D eigenvalue weighted by molar-refractivity contribution is 7.18. The monoisotopic (exact) mass is 500 g/mol. The number of nitrogens with zero attached hydrogens (tertiary/aromatic N) is 2. The van der Waals surface area contributed by atoms with Crippen LogP contribution in [0.4, 0.5) is 20.0 Å². The van der Waals surface area contributed by atoms with E-state index in [-0.39, 0.29) is 11.0 Å². The zero-order chi connectivity index (χ0) is 25.2. The average molecular weight is 501 g/mol. The van der Waals surface area contributed by atoms with E-state index in [1.807, 2.05) is 49.4 Å². The predicted molar refractivity (Wildman–Crippen MR) is 140 cm³/mol. The molecule has 1 heterocycles. The predicted octanol–water partition coefficient (Wildman–Crippen LogP) is 6.28. The molecular weight excluding hydrogens is 475 g/mol. The summed E-state index contributed by atoms with van der Waals surface area (Å²) in [6.45, 7) is 2.24. The summed E-state index contributed by atoms with van der Waals surface area (Å²) in [7, 11) is 0. The molecular formula is C28H25FN4O2S. The van der Waals surface area contributed by atoms with Crippen molar-refractivity contribution in [1.82, 2.24) is 10.3 Å². The molecule has 0 radical (unpaired) electrons. The molecule has 1 saturated carbocycles. The smallest absolute Gasteiger partial charge is 0.325 e. The standard InChI is InChI=1S/C28H25FN4O2S/c1-17-7-8-21(19-9-10-19)15-23(17)33(27(30)35)28-32-24(20-11-13-22(29)14-12-20)25(36-28)26(34)31-16-18-5-3-2-4-6-18/h2-8,11-15,19H,9-10,16H2,1H3,(H2,30,35)(H,31,34). The molecule has 1 aliphatic carbocycles. The van der Waals surface area contributed by atoms with Gasteiger partial charge in [0.1, 0.15) is 10.7 Å². The summed E-state index contributed by atoms with van der Waals surface area (Å²) in [5, 5.41) is 3.20. The maximum Gasteiger partial charge on any atom is 0.325 e. The number of nitrogens with two attached hydrogens (primary N) is 1. The number of carbonyl (C=O) groups excluding carboxylic acids is 2. The van der Waals surface area contributed by atoms with Gasteiger partial charge in [0, 0.05) is 12.1 Å². The number of thiazole rings is 1. The highest BCUT2D eigenvalue weighted by atomic mass is 32.1. The summed E-state index contributed by atoms with van der Waals surface area (Å²) >= 11 is 1.08. The Kier molecular flexibility index (Phi) is 6.52. The molecule has 0 bridgehead atoms. The second kappa shape index (κ2) is 9.91. The van der Waals surface area contributed by atoms with Gasteiger partial charge in [0.25, 0.3) is 5.91 Å². The summed E-state index contributed by atoms with van der Waals surface area (Å²) in [5.41, 5.74) is 10.4. The van der Waals surface area contributed by atoms with Crippen LogP contribution in [0.15, 0.2) is 72.8 Å². The van der Waals surface area contributed by atoms with E-state index in [0.717, 1.165) is 40.9 Å². The Morgan fingerprint density at radius 1 is 1.08 bits per heavy atom. The number of benzene rings is 3. The van der Waals surface area contributed by atoms with Gasteiger partial charge < -0.3 is 11.1 Å². The van der Waals surface area contributed by atoms with Gasteiger partial charge in [-0.2, -0.15) is 0 Å². The quantitative estimate of drug-likeness (QED) is 0.313. The highest BCUT2D eigenvalue weighted by Crippen LogP contribution is 2.43. The van der Waals surface area contributed by atoms with Crippen LogP contribution in [-0.4, -0.2) is 16.9 Å². The van der Waals surface area contributed by atoms with Crippen LogP contribution >= 0.6 is 11.3 Å². The van der Waals surface area contributed by atoms with E-state index >= 15 is 0 Å². The number of urea groups is 1. The van der Waals surface area contributed by atoms with E-state index in [4.69, 9.17) is 5.73 Å². The van der Waals surface area contributed by atoms with Gasteiger partial charge in [-0.05, 0) is 72.7 Å². The van der Waals surface area contributed by atoms with Gasteiger partial charge in [0.05, 0.1) is 11.4 Å². The molecule has 3 amide bonds. The Morgan fingerprint density at radius 2 is 1.81 bits per heavy atom. The molecule has 8 heteroatoms. The van der Waals surface area contributed by atoms with Crippen LogP contribution in [0.25, 0.3) is 11.3 Å². The van der Waals surface area contributed by atoms with Crippen LogP contribution in [0, 0.1) is 12.7 Å². The number of primary amides is 1. The molecule has 1 aromatic heterocycles. The number of hydrogen-bond acceptors (Lipinski definition) is 4. The lowest BCUT2D eigenvalue weighted by Gasteiger charge is -2.20. The summed E-state index contributed by atoms with van der Waals surface area (Å²) in [6.07, 6.45) is 2.24. The van der Waals surface area contributed by atoms with E-state index in [9.17, 15) is 14.0 Å². The van der Waals surface area contributed by atoms with Gasteiger partial charge in [0.2, 0.25) is 0 Å². The van der Waals surface area contributed by atoms with E-state index in [1.54, 1.807) is 12.1 Å². The lowest BCUT2D eigenvalue weighted by atomic mass is 10.1. The van der Waals surface area contributed by atoms with E-state index in [0.29, 0.717) is 34.3 Å². The average Bonchev–Trinajstić information content (AvgIpc) is 3.64. The second-order valence-electron chi connectivity index (χ2n) is 8.84. The van der Waals surface area contributed by atoms with Crippen LogP contribution in [0.3, 0.4) is 0 Å². The third-order valence-corrected chi connectivity index (χ3v) is 7.21. The molecule has 36 heavy (non-hydrogen) atoms. The van der Waals surface area contributed by atoms with Gasteiger partial charge >= 0.3 is 6.03 Å². The van der Waals surface area contributed by atoms with E-state index < -0.39 is 11.8 Å². The van der Waals surface area contributed by atoms with Crippen molar-refractivity contribution in [3.8, 4) is 11.3 Å². The van der Waals surface area contributed by atoms with Crippen molar-refractivity contribution in [2.24, 2.45) is 5.73 Å². The molecule has 0 atom stereocenters. The largest absolute Gasteiger partial charge is 0.351 e. The number of aromatic nitrogens is 1. The lowest BCUT2D eigenvalue weighted by Crippen LogP contribution is -2.32. The third-order valence-electron chi connectivity index (χ3n) is 6.17. The molecule has 5 rings (SSSR count). The van der Waals surface area contributed by atoms with Gasteiger partial charge in [-0.25, -0.2) is 19.1 Å². The summed E-state index contributed by atoms with van der Waals surface area (Å²) in [4.78, 5) is 32.3. The van der Waals surface area contributed by atoms with Crippen LogP contribution in [0.5, 0.6) is 0 Å². The van der Waals surface area contributed by atoms with Crippen LogP contribution in [-0.2, 0) is 6.54 Å². The van der Waals surface area contributed by atoms with Crippen molar-refractivity contribution in [2.75, 3.05) is 4.90 Å². The fraction of sp³-hybridized carbons (Fsp3) is 0.179. The Labute approximate surface area is 212 Å². The van der Waals surface area contributed by atoms with Crippen molar-refractivity contribution in [3.63, 3.8) is 0 Å². The maximum atomic E-state index is 13.6. The van der Waals surface area contributed by atoms with Gasteiger partial charge in [-0.1, -0.05) is 53.8 Å². The lowest BCUT2D eigenvalue weighted by molar-refractivity contribution is 0.0955. The first-order chi connectivity index (χ1) is 17.4. The molecule has 4 aromatic rings. The number of aryl methyl sites for hydroxylation is 1. The molecule has 0 aliphatic heterocycles. The first-order valence-corrected chi connectivity index (χ1v) is 12.5. The minimum atomic E-state index is -0.693. The summed E-state index contributed by atoms with van der Waals surface area (Å²) < 4.78 is 13.6. The SMILES string of the molecule is Cc1ccc(C2CC2)cc1N(C(N)=O)c1nc(-c2ccc(F)cc2)c(C(=O)NCc2ccccc2)s1. The van der Waals surface area contributed by atoms with Crippen LogP contribution < -0.4 is 16.0 Å². The van der Waals surface area contributed by atoms with Crippen LogP contribution in [0.1, 0.15) is 45.1 Å². The summed E-state index contributed by atoms with van der Waals surface area (Å²) in [5.74, 6) is -0.241. The van der Waals surface area contributed by atoms with E-state index in [2.05, 4.69) is 16.4 Å². The minimum Gasteiger partial charge on any atom is -0.351 e. The first kappa shape index (κ1) is 23.7. The van der Waals surface area contributed by atoms with Crippen molar-refractivity contribution in [3.05, 3.63) is 100 Å². The molecule has 1 aliphatic rings. The highest BCUT2D eigenvalue weighted by Gasteiger charge is 2.29. The normalized spacial score (nSPS) is 12.8. The Balaban J connectivity index is 1.55. The Bertz CT molecular complexity index is 1420.